The minimum absolute atomic E-state index is 0.0791. The second-order valence-electron chi connectivity index (χ2n) is 5.51. The number of alkyl halides is 3. The molecule has 1 amide bonds. The Labute approximate surface area is 132 Å². The first-order valence-electron chi connectivity index (χ1n) is 7.26. The van der Waals surface area contributed by atoms with Crippen molar-refractivity contribution in [3.05, 3.63) is 54.1 Å². The van der Waals surface area contributed by atoms with Crippen LogP contribution in [0.3, 0.4) is 0 Å². The van der Waals surface area contributed by atoms with Crippen LogP contribution in [-0.4, -0.2) is 35.1 Å². The summed E-state index contributed by atoms with van der Waals surface area (Å²) in [6, 6.07) is 4.72. The molecule has 1 aromatic rings. The highest BCUT2D eigenvalue weighted by Gasteiger charge is 2.30. The number of hydrogen-bond donors (Lipinski definition) is 1. The average Bonchev–Trinajstić information content (AvgIpc) is 3.01. The van der Waals surface area contributed by atoms with Gasteiger partial charge in [0.1, 0.15) is 0 Å². The molecule has 6 heteroatoms. The van der Waals surface area contributed by atoms with Gasteiger partial charge in [-0.2, -0.15) is 13.2 Å². The summed E-state index contributed by atoms with van der Waals surface area (Å²) in [6.07, 6.45) is -0.0461. The standard InChI is InChI=1S/C17H18F3NO2/c1-2-16(23)21-10-9-13(11-21)15(22)8-5-12-3-6-14(7-4-12)17(18,19)20/h2-8,13,15,22H,1,9-11H2/b8-5+/t13-,15+/m0/s1. The van der Waals surface area contributed by atoms with Crippen LogP contribution in [0.4, 0.5) is 13.2 Å². The van der Waals surface area contributed by atoms with Crippen molar-refractivity contribution in [1.29, 1.82) is 0 Å². The third-order valence-electron chi connectivity index (χ3n) is 3.92. The Bertz CT molecular complexity index is 593. The van der Waals surface area contributed by atoms with Crippen LogP contribution < -0.4 is 0 Å². The number of hydrogen-bond acceptors (Lipinski definition) is 2. The lowest BCUT2D eigenvalue weighted by molar-refractivity contribution is -0.137. The fourth-order valence-corrected chi connectivity index (χ4v) is 2.55. The van der Waals surface area contributed by atoms with Gasteiger partial charge in [0.25, 0.3) is 0 Å². The van der Waals surface area contributed by atoms with E-state index in [4.69, 9.17) is 0 Å². The van der Waals surface area contributed by atoms with E-state index in [1.54, 1.807) is 17.1 Å². The Morgan fingerprint density at radius 1 is 1.35 bits per heavy atom. The molecule has 0 aromatic heterocycles. The molecule has 3 nitrogen and oxygen atoms in total. The van der Waals surface area contributed by atoms with Crippen molar-refractivity contribution in [3.63, 3.8) is 0 Å². The molecule has 1 heterocycles. The Hall–Kier alpha value is -2.08. The van der Waals surface area contributed by atoms with Gasteiger partial charge in [-0.25, -0.2) is 0 Å². The highest BCUT2D eigenvalue weighted by molar-refractivity contribution is 5.87. The van der Waals surface area contributed by atoms with Gasteiger partial charge < -0.3 is 10.0 Å². The SMILES string of the molecule is C=CC(=O)N1CC[C@H]([C@H](O)/C=C/c2ccc(C(F)(F)F)cc2)C1. The highest BCUT2D eigenvalue weighted by atomic mass is 19.4. The molecule has 1 saturated heterocycles. The van der Waals surface area contributed by atoms with E-state index in [2.05, 4.69) is 6.58 Å². The first kappa shape index (κ1) is 17.3. The van der Waals surface area contributed by atoms with Gasteiger partial charge in [-0.1, -0.05) is 30.9 Å². The van der Waals surface area contributed by atoms with Gasteiger partial charge in [0.2, 0.25) is 5.91 Å². The summed E-state index contributed by atoms with van der Waals surface area (Å²) >= 11 is 0. The second-order valence-corrected chi connectivity index (χ2v) is 5.51. The zero-order valence-electron chi connectivity index (χ0n) is 12.5. The maximum Gasteiger partial charge on any atom is 0.416 e. The predicted octanol–water partition coefficient (Wildman–Crippen LogP) is 3.11. The Morgan fingerprint density at radius 3 is 2.57 bits per heavy atom. The van der Waals surface area contributed by atoms with Crippen molar-refractivity contribution < 1.29 is 23.1 Å². The van der Waals surface area contributed by atoms with Gasteiger partial charge in [-0.3, -0.25) is 4.79 Å². The monoisotopic (exact) mass is 325 g/mol. The minimum Gasteiger partial charge on any atom is -0.389 e. The number of halogens is 3. The van der Waals surface area contributed by atoms with Crippen LogP contribution in [-0.2, 0) is 11.0 Å². The number of carbonyl (C=O) groups is 1. The highest BCUT2D eigenvalue weighted by Crippen LogP contribution is 2.29. The molecule has 0 radical (unpaired) electrons. The first-order chi connectivity index (χ1) is 10.8. The molecule has 124 valence electrons. The van der Waals surface area contributed by atoms with Gasteiger partial charge >= 0.3 is 6.18 Å². The summed E-state index contributed by atoms with van der Waals surface area (Å²) in [5.41, 5.74) is -0.126. The largest absolute Gasteiger partial charge is 0.416 e. The van der Waals surface area contributed by atoms with Crippen LogP contribution in [0.15, 0.2) is 43.0 Å². The Balaban J connectivity index is 1.95. The number of carbonyl (C=O) groups excluding carboxylic acids is 1. The summed E-state index contributed by atoms with van der Waals surface area (Å²) in [5.74, 6) is -0.240. The summed E-state index contributed by atoms with van der Waals surface area (Å²) in [4.78, 5) is 13.1. The molecular formula is C17H18F3NO2. The number of rotatable bonds is 4. The molecule has 2 atom stereocenters. The topological polar surface area (TPSA) is 40.5 Å². The molecule has 0 aliphatic carbocycles. The van der Waals surface area contributed by atoms with E-state index in [1.807, 2.05) is 0 Å². The lowest BCUT2D eigenvalue weighted by Gasteiger charge is -2.16. The maximum absolute atomic E-state index is 12.5. The van der Waals surface area contributed by atoms with Crippen LogP contribution in [0.1, 0.15) is 17.5 Å². The van der Waals surface area contributed by atoms with E-state index in [9.17, 15) is 23.1 Å². The van der Waals surface area contributed by atoms with Gasteiger partial charge in [-0.05, 0) is 30.2 Å². The van der Waals surface area contributed by atoms with E-state index >= 15 is 0 Å². The lowest BCUT2D eigenvalue weighted by atomic mass is 10.0. The number of amides is 1. The van der Waals surface area contributed by atoms with Crippen molar-refractivity contribution >= 4 is 12.0 Å². The molecule has 0 spiro atoms. The molecule has 1 aliphatic heterocycles. The number of nitrogens with zero attached hydrogens (tertiary/aromatic N) is 1. The van der Waals surface area contributed by atoms with Gasteiger partial charge in [0, 0.05) is 19.0 Å². The number of benzene rings is 1. The normalized spacial score (nSPS) is 20.0. The summed E-state index contributed by atoms with van der Waals surface area (Å²) in [7, 11) is 0. The fraction of sp³-hybridized carbons (Fsp3) is 0.353. The predicted molar refractivity (Wildman–Crippen MR) is 81.4 cm³/mol. The van der Waals surface area contributed by atoms with E-state index in [1.165, 1.54) is 18.2 Å². The summed E-state index contributed by atoms with van der Waals surface area (Å²) in [5, 5.41) is 10.1. The molecule has 2 rings (SSSR count). The molecule has 0 saturated carbocycles. The zero-order valence-corrected chi connectivity index (χ0v) is 12.5. The summed E-state index contributed by atoms with van der Waals surface area (Å²) in [6.45, 7) is 4.45. The van der Waals surface area contributed by atoms with E-state index in [0.29, 0.717) is 25.1 Å². The Kier molecular flexibility index (Phi) is 5.26. The van der Waals surface area contributed by atoms with Crippen LogP contribution in [0.5, 0.6) is 0 Å². The molecule has 0 bridgehead atoms. The number of likely N-dealkylation sites (tertiary alicyclic amines) is 1. The lowest BCUT2D eigenvalue weighted by Crippen LogP contribution is -2.29. The van der Waals surface area contributed by atoms with Crippen LogP contribution in [0.2, 0.25) is 0 Å². The minimum atomic E-state index is -4.35. The van der Waals surface area contributed by atoms with E-state index in [0.717, 1.165) is 12.1 Å². The van der Waals surface area contributed by atoms with E-state index in [-0.39, 0.29) is 11.8 Å². The quantitative estimate of drug-likeness (QED) is 0.864. The number of aliphatic hydroxyl groups is 1. The fourth-order valence-electron chi connectivity index (χ4n) is 2.55. The molecule has 1 aromatic carbocycles. The van der Waals surface area contributed by atoms with Crippen molar-refractivity contribution in [2.24, 2.45) is 5.92 Å². The van der Waals surface area contributed by atoms with Crippen LogP contribution in [0, 0.1) is 5.92 Å². The second kappa shape index (κ2) is 7.00. The molecular weight excluding hydrogens is 307 g/mol. The molecule has 1 aliphatic rings. The molecule has 1 fully saturated rings. The first-order valence-corrected chi connectivity index (χ1v) is 7.26. The average molecular weight is 325 g/mol. The molecule has 23 heavy (non-hydrogen) atoms. The van der Waals surface area contributed by atoms with Gasteiger partial charge in [0.15, 0.2) is 0 Å². The van der Waals surface area contributed by atoms with Crippen LogP contribution in [0.25, 0.3) is 6.08 Å². The third kappa shape index (κ3) is 4.45. The maximum atomic E-state index is 12.5. The molecule has 1 N–H and O–H groups in total. The third-order valence-corrected chi connectivity index (χ3v) is 3.92. The van der Waals surface area contributed by atoms with Crippen molar-refractivity contribution in [2.75, 3.05) is 13.1 Å². The van der Waals surface area contributed by atoms with Gasteiger partial charge in [0.05, 0.1) is 11.7 Å². The van der Waals surface area contributed by atoms with Gasteiger partial charge in [-0.15, -0.1) is 0 Å². The zero-order chi connectivity index (χ0) is 17.0. The van der Waals surface area contributed by atoms with Crippen molar-refractivity contribution in [2.45, 2.75) is 18.7 Å². The van der Waals surface area contributed by atoms with Crippen molar-refractivity contribution in [3.8, 4) is 0 Å². The summed E-state index contributed by atoms with van der Waals surface area (Å²) < 4.78 is 37.4. The van der Waals surface area contributed by atoms with Crippen molar-refractivity contribution in [1.82, 2.24) is 4.90 Å². The Morgan fingerprint density at radius 2 is 2.00 bits per heavy atom. The van der Waals surface area contributed by atoms with Crippen LogP contribution >= 0.6 is 0 Å². The van der Waals surface area contributed by atoms with E-state index < -0.39 is 17.8 Å². The molecule has 0 unspecified atom stereocenters. The number of aliphatic hydroxyl groups excluding tert-OH is 1. The smallest absolute Gasteiger partial charge is 0.389 e.